The van der Waals surface area contributed by atoms with Crippen molar-refractivity contribution in [3.63, 3.8) is 0 Å². The second-order valence-electron chi connectivity index (χ2n) is 8.68. The van der Waals surface area contributed by atoms with Crippen molar-refractivity contribution in [3.8, 4) is 0 Å². The second kappa shape index (κ2) is 9.24. The van der Waals surface area contributed by atoms with Gasteiger partial charge < -0.3 is 14.9 Å². The fourth-order valence-corrected chi connectivity index (χ4v) is 4.48. The number of piperazine rings is 1. The predicted molar refractivity (Wildman–Crippen MR) is 115 cm³/mol. The van der Waals surface area contributed by atoms with E-state index in [1.165, 1.54) is 18.3 Å². The summed E-state index contributed by atoms with van der Waals surface area (Å²) in [5.74, 6) is -1.23. The smallest absolute Gasteiger partial charge is 0.416 e. The van der Waals surface area contributed by atoms with Gasteiger partial charge in [-0.1, -0.05) is 6.07 Å². The predicted octanol–water partition coefficient (Wildman–Crippen LogP) is 3.32. The van der Waals surface area contributed by atoms with Crippen molar-refractivity contribution in [2.45, 2.75) is 38.3 Å². The highest BCUT2D eigenvalue weighted by Gasteiger charge is 2.34. The van der Waals surface area contributed by atoms with Gasteiger partial charge >= 0.3 is 18.2 Å². The summed E-state index contributed by atoms with van der Waals surface area (Å²) in [7, 11) is 0. The Balaban J connectivity index is 1.47. The summed E-state index contributed by atoms with van der Waals surface area (Å²) >= 11 is 0. The molecule has 2 atom stereocenters. The Morgan fingerprint density at radius 1 is 1.15 bits per heavy atom. The molecule has 0 saturated carbocycles. The van der Waals surface area contributed by atoms with Crippen LogP contribution in [0.4, 0.5) is 28.0 Å². The molecule has 1 amide bonds. The fourth-order valence-electron chi connectivity index (χ4n) is 4.48. The maximum absolute atomic E-state index is 13.8. The van der Waals surface area contributed by atoms with Crippen molar-refractivity contribution in [1.29, 1.82) is 0 Å². The van der Waals surface area contributed by atoms with Crippen LogP contribution in [0.15, 0.2) is 30.5 Å². The highest BCUT2D eigenvalue weighted by Crippen LogP contribution is 2.35. The molecule has 0 radical (unpaired) electrons. The first-order chi connectivity index (χ1) is 16.0. The minimum absolute atomic E-state index is 0.0647. The molecule has 2 aromatic rings. The molecular formula is C22H25F4N5O3. The maximum atomic E-state index is 13.8. The van der Waals surface area contributed by atoms with E-state index in [0.717, 1.165) is 16.8 Å². The number of benzene rings is 1. The normalized spacial score (nSPS) is 21.8. The van der Waals surface area contributed by atoms with Crippen LogP contribution in [0.25, 0.3) is 0 Å². The summed E-state index contributed by atoms with van der Waals surface area (Å²) in [6, 6.07) is 4.15. The number of carbonyl (C=O) groups is 2. The van der Waals surface area contributed by atoms with E-state index in [1.807, 2.05) is 11.8 Å². The number of carboxylic acids is 1. The van der Waals surface area contributed by atoms with E-state index in [1.54, 1.807) is 9.80 Å². The molecule has 2 aliphatic rings. The molecule has 12 heteroatoms. The molecule has 2 unspecified atom stereocenters. The van der Waals surface area contributed by atoms with Crippen LogP contribution in [0, 0.1) is 0 Å². The molecule has 8 nitrogen and oxygen atoms in total. The Labute approximate surface area is 193 Å². The molecule has 184 valence electrons. The van der Waals surface area contributed by atoms with Crippen LogP contribution in [-0.4, -0.2) is 81.6 Å². The molecule has 0 bridgehead atoms. The quantitative estimate of drug-likeness (QED) is 0.672. The number of nitrogens with zero attached hydrogens (tertiary/aromatic N) is 5. The van der Waals surface area contributed by atoms with Crippen LogP contribution in [0.2, 0.25) is 0 Å². The number of aromatic nitrogens is 2. The Kier molecular flexibility index (Phi) is 6.52. The number of hydrogen-bond acceptors (Lipinski definition) is 5. The van der Waals surface area contributed by atoms with Crippen LogP contribution < -0.4 is 4.90 Å². The van der Waals surface area contributed by atoms with Gasteiger partial charge in [-0.05, 0) is 37.1 Å². The van der Waals surface area contributed by atoms with Gasteiger partial charge in [0.1, 0.15) is 6.17 Å². The van der Waals surface area contributed by atoms with Crippen LogP contribution in [0.5, 0.6) is 0 Å². The van der Waals surface area contributed by atoms with Crippen molar-refractivity contribution in [2.75, 3.05) is 37.6 Å². The van der Waals surface area contributed by atoms with E-state index in [2.05, 4.69) is 5.10 Å². The van der Waals surface area contributed by atoms with Gasteiger partial charge in [0.25, 0.3) is 0 Å². The topological polar surface area (TPSA) is 81.9 Å². The number of carbonyl (C=O) groups excluding carboxylic acids is 1. The zero-order valence-electron chi connectivity index (χ0n) is 18.5. The third kappa shape index (κ3) is 5.01. The molecule has 2 fully saturated rings. The number of hydrogen-bond donors (Lipinski definition) is 1. The van der Waals surface area contributed by atoms with Crippen molar-refractivity contribution in [3.05, 3.63) is 47.3 Å². The molecule has 0 spiro atoms. The monoisotopic (exact) mass is 483 g/mol. The second-order valence-corrected chi connectivity index (χ2v) is 8.68. The zero-order valence-corrected chi connectivity index (χ0v) is 18.5. The fraction of sp³-hybridized carbons (Fsp3) is 0.500. The summed E-state index contributed by atoms with van der Waals surface area (Å²) in [5, 5.41) is 12.8. The van der Waals surface area contributed by atoms with Crippen molar-refractivity contribution in [1.82, 2.24) is 19.6 Å². The lowest BCUT2D eigenvalue weighted by Gasteiger charge is -2.40. The van der Waals surface area contributed by atoms with Crippen LogP contribution in [0.1, 0.15) is 35.0 Å². The number of rotatable bonds is 4. The number of anilines is 1. The standard InChI is InChI=1S/C22H25F4N5O3/c1-14-11-28(8-9-30(14)21(34)31-7-5-18(27-31)20(32)33)12-15-2-3-16(22(24,25)26)10-19(15)29-6-4-17(23)13-29/h2-3,5,7,10,14,17H,4,6,8-9,11-13H2,1H3,(H,32,33). The van der Waals surface area contributed by atoms with Crippen LogP contribution in [0.3, 0.4) is 0 Å². The first-order valence-corrected chi connectivity index (χ1v) is 10.9. The van der Waals surface area contributed by atoms with Crippen molar-refractivity contribution >= 4 is 17.7 Å². The van der Waals surface area contributed by atoms with E-state index in [0.29, 0.717) is 44.0 Å². The number of halogens is 4. The first kappa shape index (κ1) is 24.0. The first-order valence-electron chi connectivity index (χ1n) is 10.9. The van der Waals surface area contributed by atoms with E-state index < -0.39 is 29.9 Å². The Morgan fingerprint density at radius 3 is 2.50 bits per heavy atom. The van der Waals surface area contributed by atoms with Crippen LogP contribution >= 0.6 is 0 Å². The van der Waals surface area contributed by atoms with Crippen molar-refractivity contribution in [2.24, 2.45) is 0 Å². The largest absolute Gasteiger partial charge is 0.476 e. The van der Waals surface area contributed by atoms with Crippen LogP contribution in [-0.2, 0) is 12.7 Å². The average molecular weight is 483 g/mol. The summed E-state index contributed by atoms with van der Waals surface area (Å²) in [6.45, 7) is 3.89. The molecule has 1 aromatic carbocycles. The summed E-state index contributed by atoms with van der Waals surface area (Å²) < 4.78 is 54.7. The molecule has 1 aromatic heterocycles. The van der Waals surface area contributed by atoms with Gasteiger partial charge in [-0.3, -0.25) is 4.90 Å². The van der Waals surface area contributed by atoms with E-state index in [-0.39, 0.29) is 24.7 Å². The Bertz CT molecular complexity index is 1070. The van der Waals surface area contributed by atoms with Gasteiger partial charge in [0, 0.05) is 57.2 Å². The molecule has 1 N–H and O–H groups in total. The lowest BCUT2D eigenvalue weighted by Crippen LogP contribution is -2.54. The van der Waals surface area contributed by atoms with Gasteiger partial charge in [-0.15, -0.1) is 0 Å². The number of alkyl halides is 4. The van der Waals surface area contributed by atoms with E-state index in [9.17, 15) is 27.2 Å². The number of carboxylic acid groups (broad SMARTS) is 1. The average Bonchev–Trinajstić information content (AvgIpc) is 3.42. The summed E-state index contributed by atoms with van der Waals surface area (Å²) in [4.78, 5) is 29.1. The summed E-state index contributed by atoms with van der Waals surface area (Å²) in [5.41, 5.74) is 0.0651. The SMILES string of the molecule is CC1CN(Cc2ccc(C(F)(F)F)cc2N2CCC(F)C2)CCN1C(=O)n1ccc(C(=O)O)n1. The Hall–Kier alpha value is -3.15. The zero-order chi connectivity index (χ0) is 24.6. The molecule has 3 heterocycles. The minimum atomic E-state index is -4.49. The molecule has 0 aliphatic carbocycles. The molecule has 2 saturated heterocycles. The van der Waals surface area contributed by atoms with Gasteiger partial charge in [-0.2, -0.15) is 23.0 Å². The molecule has 34 heavy (non-hydrogen) atoms. The molecular weight excluding hydrogens is 458 g/mol. The summed E-state index contributed by atoms with van der Waals surface area (Å²) in [6.07, 6.45) is -3.98. The number of amides is 1. The Morgan fingerprint density at radius 2 is 1.91 bits per heavy atom. The highest BCUT2D eigenvalue weighted by molar-refractivity contribution is 5.86. The van der Waals surface area contributed by atoms with Crippen molar-refractivity contribution < 1.29 is 32.3 Å². The van der Waals surface area contributed by atoms with Gasteiger partial charge in [-0.25, -0.2) is 14.0 Å². The van der Waals surface area contributed by atoms with E-state index in [4.69, 9.17) is 5.11 Å². The highest BCUT2D eigenvalue weighted by atomic mass is 19.4. The van der Waals surface area contributed by atoms with Gasteiger partial charge in [0.15, 0.2) is 5.69 Å². The lowest BCUT2D eigenvalue weighted by atomic mass is 10.1. The number of aromatic carboxylic acids is 1. The molecule has 4 rings (SSSR count). The lowest BCUT2D eigenvalue weighted by molar-refractivity contribution is -0.137. The van der Waals surface area contributed by atoms with Gasteiger partial charge in [0.05, 0.1) is 5.56 Å². The maximum Gasteiger partial charge on any atom is 0.416 e. The minimum Gasteiger partial charge on any atom is -0.476 e. The van der Waals surface area contributed by atoms with Gasteiger partial charge in [0.2, 0.25) is 0 Å². The third-order valence-corrected chi connectivity index (χ3v) is 6.24. The molecule has 2 aliphatic heterocycles. The van der Waals surface area contributed by atoms with E-state index >= 15 is 0 Å². The third-order valence-electron chi connectivity index (χ3n) is 6.24.